The van der Waals surface area contributed by atoms with Crippen molar-refractivity contribution in [2.75, 3.05) is 38.7 Å². The van der Waals surface area contributed by atoms with E-state index in [1.165, 1.54) is 17.7 Å². The van der Waals surface area contributed by atoms with Gasteiger partial charge in [0.25, 0.3) is 0 Å². The first kappa shape index (κ1) is 13.4. The van der Waals surface area contributed by atoms with Crippen LogP contribution in [0.4, 0.5) is 5.69 Å². The first-order valence-electron chi connectivity index (χ1n) is 6.82. The van der Waals surface area contributed by atoms with Gasteiger partial charge in [-0.15, -0.1) is 0 Å². The molecule has 0 aliphatic carbocycles. The molecule has 1 atom stereocenters. The Labute approximate surface area is 110 Å². The minimum atomic E-state index is 0.274. The van der Waals surface area contributed by atoms with Crippen molar-refractivity contribution in [3.63, 3.8) is 0 Å². The second kappa shape index (κ2) is 6.21. The monoisotopic (exact) mass is 248 g/mol. The van der Waals surface area contributed by atoms with E-state index in [0.29, 0.717) is 6.04 Å². The van der Waals surface area contributed by atoms with Gasteiger partial charge in [0, 0.05) is 31.4 Å². The Morgan fingerprint density at radius 3 is 2.89 bits per heavy atom. The summed E-state index contributed by atoms with van der Waals surface area (Å²) in [5.74, 6) is 0. The van der Waals surface area contributed by atoms with Gasteiger partial charge in [-0.05, 0) is 51.1 Å². The van der Waals surface area contributed by atoms with Crippen molar-refractivity contribution in [2.24, 2.45) is 0 Å². The molecule has 1 aromatic rings. The molecule has 1 unspecified atom stereocenters. The van der Waals surface area contributed by atoms with Crippen LogP contribution >= 0.6 is 0 Å². The number of benzene rings is 1. The number of aryl methyl sites for hydroxylation is 1. The summed E-state index contributed by atoms with van der Waals surface area (Å²) >= 11 is 0. The van der Waals surface area contributed by atoms with E-state index in [9.17, 15) is 0 Å². The summed E-state index contributed by atoms with van der Waals surface area (Å²) in [5.41, 5.74) is 2.66. The summed E-state index contributed by atoms with van der Waals surface area (Å²) in [5, 5.41) is 8.89. The van der Waals surface area contributed by atoms with E-state index in [2.05, 4.69) is 48.2 Å². The van der Waals surface area contributed by atoms with Crippen LogP contribution in [0, 0.1) is 0 Å². The zero-order valence-corrected chi connectivity index (χ0v) is 11.5. The summed E-state index contributed by atoms with van der Waals surface area (Å²) in [6.07, 6.45) is 3.06. The Balaban J connectivity index is 2.01. The summed E-state index contributed by atoms with van der Waals surface area (Å²) in [6, 6.07) is 9.42. The Kier molecular flexibility index (Phi) is 4.61. The SMILES string of the molecule is CN(C)C1CCN(c2cccc(CCCO)c2)C1. The number of likely N-dealkylation sites (N-methyl/N-ethyl adjacent to an activating group) is 1. The van der Waals surface area contributed by atoms with Crippen molar-refractivity contribution in [3.05, 3.63) is 29.8 Å². The van der Waals surface area contributed by atoms with Crippen LogP contribution in [-0.4, -0.2) is 49.8 Å². The molecule has 0 spiro atoms. The molecular formula is C15H24N2O. The number of hydrogen-bond donors (Lipinski definition) is 1. The molecule has 3 heteroatoms. The van der Waals surface area contributed by atoms with Crippen LogP contribution in [-0.2, 0) is 6.42 Å². The number of rotatable bonds is 5. The molecule has 0 bridgehead atoms. The molecule has 3 nitrogen and oxygen atoms in total. The Hall–Kier alpha value is -1.06. The highest BCUT2D eigenvalue weighted by Gasteiger charge is 2.23. The summed E-state index contributed by atoms with van der Waals surface area (Å²) in [6.45, 7) is 2.54. The Morgan fingerprint density at radius 1 is 1.39 bits per heavy atom. The molecular weight excluding hydrogens is 224 g/mol. The summed E-state index contributed by atoms with van der Waals surface area (Å²) in [7, 11) is 4.32. The maximum Gasteiger partial charge on any atom is 0.0434 e. The lowest BCUT2D eigenvalue weighted by atomic mass is 10.1. The van der Waals surface area contributed by atoms with Crippen molar-refractivity contribution < 1.29 is 5.11 Å². The molecule has 1 aliphatic heterocycles. The van der Waals surface area contributed by atoms with Crippen LogP contribution in [0.1, 0.15) is 18.4 Å². The van der Waals surface area contributed by atoms with Crippen molar-refractivity contribution >= 4 is 5.69 Å². The van der Waals surface area contributed by atoms with E-state index in [4.69, 9.17) is 5.11 Å². The van der Waals surface area contributed by atoms with E-state index in [1.807, 2.05) is 0 Å². The van der Waals surface area contributed by atoms with Gasteiger partial charge in [0.2, 0.25) is 0 Å². The number of aliphatic hydroxyl groups is 1. The molecule has 1 heterocycles. The molecule has 0 saturated carbocycles. The highest BCUT2D eigenvalue weighted by Crippen LogP contribution is 2.23. The van der Waals surface area contributed by atoms with Crippen LogP contribution in [0.5, 0.6) is 0 Å². The fourth-order valence-corrected chi connectivity index (χ4v) is 2.59. The largest absolute Gasteiger partial charge is 0.396 e. The predicted octanol–water partition coefficient (Wildman–Crippen LogP) is 1.75. The predicted molar refractivity (Wildman–Crippen MR) is 76.2 cm³/mol. The topological polar surface area (TPSA) is 26.7 Å². The summed E-state index contributed by atoms with van der Waals surface area (Å²) in [4.78, 5) is 4.78. The number of aliphatic hydroxyl groups excluding tert-OH is 1. The van der Waals surface area contributed by atoms with Gasteiger partial charge >= 0.3 is 0 Å². The van der Waals surface area contributed by atoms with E-state index >= 15 is 0 Å². The van der Waals surface area contributed by atoms with Gasteiger partial charge < -0.3 is 14.9 Å². The van der Waals surface area contributed by atoms with Crippen molar-refractivity contribution in [1.29, 1.82) is 0 Å². The average molecular weight is 248 g/mol. The lowest BCUT2D eigenvalue weighted by Crippen LogP contribution is -2.31. The molecule has 0 radical (unpaired) electrons. The standard InChI is InChI=1S/C15H24N2O/c1-16(2)15-8-9-17(12-15)14-7-3-5-13(11-14)6-4-10-18/h3,5,7,11,15,18H,4,6,8-10,12H2,1-2H3. The maximum absolute atomic E-state index is 8.89. The molecule has 0 aromatic heterocycles. The second-order valence-corrected chi connectivity index (χ2v) is 5.35. The Morgan fingerprint density at radius 2 is 2.22 bits per heavy atom. The van der Waals surface area contributed by atoms with E-state index < -0.39 is 0 Å². The first-order valence-corrected chi connectivity index (χ1v) is 6.82. The van der Waals surface area contributed by atoms with Crippen LogP contribution in [0.3, 0.4) is 0 Å². The number of nitrogens with zero attached hydrogens (tertiary/aromatic N) is 2. The van der Waals surface area contributed by atoms with Gasteiger partial charge in [-0.3, -0.25) is 0 Å². The summed E-state index contributed by atoms with van der Waals surface area (Å²) < 4.78 is 0. The van der Waals surface area contributed by atoms with Gasteiger partial charge in [-0.25, -0.2) is 0 Å². The van der Waals surface area contributed by atoms with Crippen LogP contribution in [0.2, 0.25) is 0 Å². The molecule has 1 aromatic carbocycles. The minimum Gasteiger partial charge on any atom is -0.396 e. The molecule has 1 N–H and O–H groups in total. The zero-order valence-electron chi connectivity index (χ0n) is 11.5. The van der Waals surface area contributed by atoms with Gasteiger partial charge in [0.05, 0.1) is 0 Å². The highest BCUT2D eigenvalue weighted by molar-refractivity contribution is 5.49. The fraction of sp³-hybridized carbons (Fsp3) is 0.600. The molecule has 1 aliphatic rings. The van der Waals surface area contributed by atoms with Crippen molar-refractivity contribution in [2.45, 2.75) is 25.3 Å². The van der Waals surface area contributed by atoms with Crippen molar-refractivity contribution in [1.82, 2.24) is 4.90 Å². The maximum atomic E-state index is 8.89. The molecule has 1 fully saturated rings. The molecule has 1 saturated heterocycles. The lowest BCUT2D eigenvalue weighted by Gasteiger charge is -2.22. The van der Waals surface area contributed by atoms with E-state index in [0.717, 1.165) is 25.9 Å². The van der Waals surface area contributed by atoms with Gasteiger partial charge in [0.15, 0.2) is 0 Å². The number of anilines is 1. The van der Waals surface area contributed by atoms with Gasteiger partial charge in [0.1, 0.15) is 0 Å². The van der Waals surface area contributed by atoms with Crippen LogP contribution in [0.15, 0.2) is 24.3 Å². The smallest absolute Gasteiger partial charge is 0.0434 e. The van der Waals surface area contributed by atoms with Crippen LogP contribution < -0.4 is 4.90 Å². The fourth-order valence-electron chi connectivity index (χ4n) is 2.59. The van der Waals surface area contributed by atoms with E-state index in [-0.39, 0.29) is 6.61 Å². The normalized spacial score (nSPS) is 19.8. The first-order chi connectivity index (χ1) is 8.70. The van der Waals surface area contributed by atoms with E-state index in [1.54, 1.807) is 0 Å². The third kappa shape index (κ3) is 3.24. The third-order valence-corrected chi connectivity index (χ3v) is 3.79. The van der Waals surface area contributed by atoms with Gasteiger partial charge in [-0.1, -0.05) is 12.1 Å². The average Bonchev–Trinajstić information content (AvgIpc) is 2.86. The van der Waals surface area contributed by atoms with Crippen LogP contribution in [0.25, 0.3) is 0 Å². The molecule has 100 valence electrons. The molecule has 2 rings (SSSR count). The second-order valence-electron chi connectivity index (χ2n) is 5.35. The quantitative estimate of drug-likeness (QED) is 0.860. The zero-order chi connectivity index (χ0) is 13.0. The number of hydrogen-bond acceptors (Lipinski definition) is 3. The molecule has 0 amide bonds. The molecule has 18 heavy (non-hydrogen) atoms. The minimum absolute atomic E-state index is 0.274. The third-order valence-electron chi connectivity index (χ3n) is 3.79. The van der Waals surface area contributed by atoms with Gasteiger partial charge in [-0.2, -0.15) is 0 Å². The highest BCUT2D eigenvalue weighted by atomic mass is 16.2. The van der Waals surface area contributed by atoms with Crippen molar-refractivity contribution in [3.8, 4) is 0 Å². The Bertz CT molecular complexity index is 379. The lowest BCUT2D eigenvalue weighted by molar-refractivity contribution is 0.288.